The first-order valence-corrected chi connectivity index (χ1v) is 10.9. The number of fused-ring (bicyclic) bond motifs is 1. The molecule has 3 rings (SSSR count). The molecule has 2 aromatic carbocycles. The van der Waals surface area contributed by atoms with Crippen molar-refractivity contribution in [3.63, 3.8) is 0 Å². The summed E-state index contributed by atoms with van der Waals surface area (Å²) in [6.45, 7) is 8.28. The van der Waals surface area contributed by atoms with Gasteiger partial charge in [-0.05, 0) is 69.2 Å². The van der Waals surface area contributed by atoms with Crippen molar-refractivity contribution < 1.29 is 19.2 Å². The Morgan fingerprint density at radius 2 is 1.50 bits per heavy atom. The number of imide groups is 1. The minimum absolute atomic E-state index is 0.177. The second-order valence-corrected chi connectivity index (χ2v) is 8.60. The summed E-state index contributed by atoms with van der Waals surface area (Å²) in [4.78, 5) is 51.4. The monoisotopic (exact) mass is 435 g/mol. The lowest BCUT2D eigenvalue weighted by Crippen LogP contribution is -2.42. The summed E-state index contributed by atoms with van der Waals surface area (Å²) in [5.41, 5.74) is 1.58. The Hall–Kier alpha value is -3.48. The number of nitrogens with one attached hydrogen (secondary N) is 2. The van der Waals surface area contributed by atoms with Gasteiger partial charge in [0, 0.05) is 28.9 Å². The molecule has 1 heterocycles. The minimum atomic E-state index is -0.399. The molecular weight excluding hydrogens is 406 g/mol. The van der Waals surface area contributed by atoms with Crippen LogP contribution in [0.2, 0.25) is 0 Å². The highest BCUT2D eigenvalue weighted by Crippen LogP contribution is 2.25. The summed E-state index contributed by atoms with van der Waals surface area (Å²) < 4.78 is 0. The average Bonchev–Trinajstić information content (AvgIpc) is 3.01. The molecule has 0 spiro atoms. The Labute approximate surface area is 188 Å². The lowest BCUT2D eigenvalue weighted by Gasteiger charge is -2.24. The van der Waals surface area contributed by atoms with Crippen molar-refractivity contribution in [1.29, 1.82) is 0 Å². The smallest absolute Gasteiger partial charge is 0.261 e. The maximum absolute atomic E-state index is 12.7. The van der Waals surface area contributed by atoms with Crippen molar-refractivity contribution in [3.05, 3.63) is 64.7 Å². The normalized spacial score (nSPS) is 13.2. The Balaban J connectivity index is 1.70. The molecule has 0 aromatic heterocycles. The molecule has 4 amide bonds. The number of nitrogens with zero attached hydrogens (tertiary/aromatic N) is 1. The lowest BCUT2D eigenvalue weighted by molar-refractivity contribution is 0.0651. The number of benzene rings is 2. The van der Waals surface area contributed by atoms with Gasteiger partial charge in [0.05, 0.1) is 11.1 Å². The number of unbranched alkanes of at least 4 members (excludes halogenated alkanes) is 1. The van der Waals surface area contributed by atoms with Crippen LogP contribution in [-0.4, -0.2) is 40.6 Å². The van der Waals surface area contributed by atoms with E-state index < -0.39 is 5.91 Å². The third kappa shape index (κ3) is 4.88. The maximum atomic E-state index is 12.7. The van der Waals surface area contributed by atoms with Crippen LogP contribution in [0.25, 0.3) is 0 Å². The van der Waals surface area contributed by atoms with Crippen LogP contribution >= 0.6 is 0 Å². The van der Waals surface area contributed by atoms with Gasteiger partial charge in [-0.2, -0.15) is 0 Å². The van der Waals surface area contributed by atoms with Gasteiger partial charge in [0.1, 0.15) is 0 Å². The van der Waals surface area contributed by atoms with Gasteiger partial charge < -0.3 is 10.6 Å². The summed E-state index contributed by atoms with van der Waals surface area (Å²) in [7, 11) is 0. The molecule has 168 valence electrons. The van der Waals surface area contributed by atoms with Crippen LogP contribution in [0.1, 0.15) is 88.4 Å². The fourth-order valence-electron chi connectivity index (χ4n) is 3.33. The molecule has 2 aromatic rings. The molecule has 0 atom stereocenters. The van der Waals surface area contributed by atoms with Crippen LogP contribution in [0, 0.1) is 0 Å². The topological polar surface area (TPSA) is 95.6 Å². The number of hydrogen-bond acceptors (Lipinski definition) is 4. The SMILES string of the molecule is CCCCN1C(=O)c2ccc(C(=O)Nc3ccc(C(=O)NC(C)(C)CC)cc3)cc2C1=O. The zero-order valence-corrected chi connectivity index (χ0v) is 19.0. The summed E-state index contributed by atoms with van der Waals surface area (Å²) in [5, 5.41) is 5.73. The average molecular weight is 436 g/mol. The largest absolute Gasteiger partial charge is 0.347 e. The van der Waals surface area contributed by atoms with E-state index in [-0.39, 0.29) is 34.4 Å². The van der Waals surface area contributed by atoms with Crippen LogP contribution in [0.4, 0.5) is 5.69 Å². The van der Waals surface area contributed by atoms with Gasteiger partial charge in [0.15, 0.2) is 0 Å². The Kier molecular flexibility index (Phi) is 6.77. The number of anilines is 1. The highest BCUT2D eigenvalue weighted by molar-refractivity contribution is 6.22. The number of rotatable bonds is 8. The van der Waals surface area contributed by atoms with Gasteiger partial charge in [-0.1, -0.05) is 20.3 Å². The maximum Gasteiger partial charge on any atom is 0.261 e. The molecule has 2 N–H and O–H groups in total. The van der Waals surface area contributed by atoms with Gasteiger partial charge >= 0.3 is 0 Å². The standard InChI is InChI=1S/C25H29N3O4/c1-5-7-14-28-23(31)19-13-10-17(15-20(19)24(28)32)21(29)26-18-11-8-16(9-12-18)22(30)27-25(3,4)6-2/h8-13,15H,5-7,14H2,1-4H3,(H,26,29)(H,27,30). The molecule has 0 aliphatic carbocycles. The van der Waals surface area contributed by atoms with Gasteiger partial charge in [-0.15, -0.1) is 0 Å². The van der Waals surface area contributed by atoms with Gasteiger partial charge in [-0.3, -0.25) is 24.1 Å². The summed E-state index contributed by atoms with van der Waals surface area (Å²) >= 11 is 0. The van der Waals surface area contributed by atoms with Crippen LogP contribution < -0.4 is 10.6 Å². The Bertz CT molecular complexity index is 1060. The second kappa shape index (κ2) is 9.34. The first-order chi connectivity index (χ1) is 15.2. The van der Waals surface area contributed by atoms with Crippen LogP contribution in [0.3, 0.4) is 0 Å². The molecule has 1 aliphatic heterocycles. The molecule has 1 aliphatic rings. The van der Waals surface area contributed by atoms with Crippen molar-refractivity contribution in [2.45, 2.75) is 52.5 Å². The van der Waals surface area contributed by atoms with E-state index in [9.17, 15) is 19.2 Å². The van der Waals surface area contributed by atoms with Gasteiger partial charge in [0.25, 0.3) is 23.6 Å². The molecule has 0 unspecified atom stereocenters. The van der Waals surface area contributed by atoms with Crippen molar-refractivity contribution in [1.82, 2.24) is 10.2 Å². The minimum Gasteiger partial charge on any atom is -0.347 e. The van der Waals surface area contributed by atoms with Crippen LogP contribution in [-0.2, 0) is 0 Å². The van der Waals surface area contributed by atoms with Crippen molar-refractivity contribution in [2.75, 3.05) is 11.9 Å². The van der Waals surface area contributed by atoms with E-state index in [4.69, 9.17) is 0 Å². The molecular formula is C25H29N3O4. The van der Waals surface area contributed by atoms with E-state index in [0.29, 0.717) is 23.4 Å². The molecule has 7 heteroatoms. The second-order valence-electron chi connectivity index (χ2n) is 8.60. The van der Waals surface area contributed by atoms with Crippen molar-refractivity contribution in [2.24, 2.45) is 0 Å². The number of carbonyl (C=O) groups excluding carboxylic acids is 4. The summed E-state index contributed by atoms with van der Waals surface area (Å²) in [6.07, 6.45) is 2.42. The highest BCUT2D eigenvalue weighted by atomic mass is 16.2. The summed E-state index contributed by atoms with van der Waals surface area (Å²) in [5.74, 6) is -1.25. The molecule has 0 saturated heterocycles. The number of hydrogen-bond donors (Lipinski definition) is 2. The molecule has 0 radical (unpaired) electrons. The first-order valence-electron chi connectivity index (χ1n) is 10.9. The highest BCUT2D eigenvalue weighted by Gasteiger charge is 2.35. The quantitative estimate of drug-likeness (QED) is 0.606. The van der Waals surface area contributed by atoms with Crippen LogP contribution in [0.5, 0.6) is 0 Å². The van der Waals surface area contributed by atoms with E-state index in [2.05, 4.69) is 10.6 Å². The Morgan fingerprint density at radius 3 is 2.12 bits per heavy atom. The van der Waals surface area contributed by atoms with Crippen LogP contribution in [0.15, 0.2) is 42.5 Å². The molecule has 0 bridgehead atoms. The zero-order valence-electron chi connectivity index (χ0n) is 19.0. The molecule has 7 nitrogen and oxygen atoms in total. The van der Waals surface area contributed by atoms with Crippen molar-refractivity contribution in [3.8, 4) is 0 Å². The van der Waals surface area contributed by atoms with E-state index in [1.54, 1.807) is 24.3 Å². The Morgan fingerprint density at radius 1 is 0.875 bits per heavy atom. The van der Waals surface area contributed by atoms with Gasteiger partial charge in [0.2, 0.25) is 0 Å². The molecule has 0 saturated carbocycles. The fraction of sp³-hybridized carbons (Fsp3) is 0.360. The molecule has 0 fully saturated rings. The lowest BCUT2D eigenvalue weighted by atomic mass is 10.0. The fourth-order valence-corrected chi connectivity index (χ4v) is 3.33. The number of carbonyl (C=O) groups is 4. The summed E-state index contributed by atoms with van der Waals surface area (Å²) in [6, 6.07) is 11.1. The van der Waals surface area contributed by atoms with E-state index in [1.165, 1.54) is 23.1 Å². The third-order valence-electron chi connectivity index (χ3n) is 5.71. The predicted octanol–water partition coefficient (Wildman–Crippen LogP) is 4.25. The van der Waals surface area contributed by atoms with Gasteiger partial charge in [-0.25, -0.2) is 0 Å². The first kappa shape index (κ1) is 23.2. The third-order valence-corrected chi connectivity index (χ3v) is 5.71. The van der Waals surface area contributed by atoms with E-state index >= 15 is 0 Å². The van der Waals surface area contributed by atoms with E-state index in [1.807, 2.05) is 27.7 Å². The number of amides is 4. The molecule has 32 heavy (non-hydrogen) atoms. The zero-order chi connectivity index (χ0) is 23.5. The predicted molar refractivity (Wildman–Crippen MR) is 123 cm³/mol. The van der Waals surface area contributed by atoms with E-state index in [0.717, 1.165) is 19.3 Å². The van der Waals surface area contributed by atoms with Crippen molar-refractivity contribution >= 4 is 29.3 Å².